The zero-order chi connectivity index (χ0) is 26.3. The first-order valence-electron chi connectivity index (χ1n) is 12.4. The molecule has 5 rings (SSSR count). The number of imidazole rings is 1. The number of aliphatic hydroxyl groups is 1. The van der Waals surface area contributed by atoms with E-state index in [1.54, 1.807) is 4.90 Å². The molecule has 0 radical (unpaired) electrons. The Morgan fingerprint density at radius 3 is 2.86 bits per heavy atom. The van der Waals surface area contributed by atoms with Crippen molar-refractivity contribution in [1.82, 2.24) is 24.4 Å². The van der Waals surface area contributed by atoms with E-state index in [4.69, 9.17) is 21.1 Å². The molecular weight excluding hydrogens is 503 g/mol. The Morgan fingerprint density at radius 2 is 2.14 bits per heavy atom. The number of nitrogens with one attached hydrogen (secondary N) is 1. The molecule has 1 amide bonds. The van der Waals surface area contributed by atoms with Crippen LogP contribution in [0.1, 0.15) is 51.0 Å². The smallest absolute Gasteiger partial charge is 0.410 e. The Labute approximate surface area is 218 Å². The zero-order valence-corrected chi connectivity index (χ0v) is 21.7. The molecule has 2 aromatic heterocycles. The minimum atomic E-state index is -0.691. The van der Waals surface area contributed by atoms with Gasteiger partial charge in [-0.1, -0.05) is 11.6 Å². The second-order valence-corrected chi connectivity index (χ2v) is 10.1. The lowest BCUT2D eigenvalue weighted by atomic mass is 10.1. The maximum absolute atomic E-state index is 15.5. The largest absolute Gasteiger partial charge is 0.453 e. The second-order valence-electron chi connectivity index (χ2n) is 9.65. The predicted molar refractivity (Wildman–Crippen MR) is 136 cm³/mol. The van der Waals surface area contributed by atoms with E-state index in [2.05, 4.69) is 20.3 Å². The summed E-state index contributed by atoms with van der Waals surface area (Å²) in [7, 11) is 1.35. The number of aliphatic hydroxyl groups excluding tert-OH is 1. The van der Waals surface area contributed by atoms with Crippen molar-refractivity contribution < 1.29 is 23.8 Å². The Hall–Kier alpha value is -3.02. The summed E-state index contributed by atoms with van der Waals surface area (Å²) in [5.41, 5.74) is 1.63. The number of ether oxygens (including phenoxy) is 2. The van der Waals surface area contributed by atoms with E-state index >= 15 is 4.39 Å². The highest BCUT2D eigenvalue weighted by Crippen LogP contribution is 2.38. The monoisotopic (exact) mass is 532 g/mol. The van der Waals surface area contributed by atoms with Gasteiger partial charge in [0.15, 0.2) is 5.82 Å². The van der Waals surface area contributed by atoms with E-state index < -0.39 is 18.0 Å². The number of anilines is 1. The van der Waals surface area contributed by atoms with E-state index in [0.717, 1.165) is 6.42 Å². The molecule has 2 fully saturated rings. The molecule has 3 aromatic rings. The van der Waals surface area contributed by atoms with Gasteiger partial charge in [-0.15, -0.1) is 0 Å². The van der Waals surface area contributed by atoms with Gasteiger partial charge in [-0.3, -0.25) is 4.90 Å². The predicted octanol–water partition coefficient (Wildman–Crippen LogP) is 4.33. The lowest BCUT2D eigenvalue weighted by Crippen LogP contribution is -2.42. The zero-order valence-electron chi connectivity index (χ0n) is 20.9. The molecule has 0 saturated carbocycles. The average Bonchev–Trinajstić information content (AvgIpc) is 3.51. The summed E-state index contributed by atoms with van der Waals surface area (Å²) >= 11 is 6.46. The van der Waals surface area contributed by atoms with Gasteiger partial charge in [-0.25, -0.2) is 24.1 Å². The molecule has 37 heavy (non-hydrogen) atoms. The lowest BCUT2D eigenvalue weighted by molar-refractivity contribution is -0.0136. The molecule has 0 aliphatic carbocycles. The van der Waals surface area contributed by atoms with Gasteiger partial charge in [0, 0.05) is 24.8 Å². The summed E-state index contributed by atoms with van der Waals surface area (Å²) in [4.78, 5) is 27.5. The number of nitrogens with zero attached hydrogens (tertiary/aromatic N) is 5. The first-order valence-corrected chi connectivity index (χ1v) is 12.8. The lowest BCUT2D eigenvalue weighted by Gasteiger charge is -2.28. The van der Waals surface area contributed by atoms with Crippen LogP contribution in [0.3, 0.4) is 0 Å². The number of halogens is 2. The van der Waals surface area contributed by atoms with Gasteiger partial charge in [0.2, 0.25) is 5.95 Å². The van der Waals surface area contributed by atoms with Crippen LogP contribution < -0.4 is 5.32 Å². The van der Waals surface area contributed by atoms with Gasteiger partial charge < -0.3 is 24.5 Å². The third kappa shape index (κ3) is 4.83. The normalized spacial score (nSPS) is 22.1. The number of hydrogen-bond acceptors (Lipinski definition) is 8. The fourth-order valence-electron chi connectivity index (χ4n) is 5.15. The molecular formula is C25H30ClFN6O4. The van der Waals surface area contributed by atoms with E-state index in [-0.39, 0.29) is 41.2 Å². The van der Waals surface area contributed by atoms with Crippen LogP contribution >= 0.6 is 11.6 Å². The standard InChI is InChI=1S/C25H30ClFN6O4/c1-13(2)33-19-10-14(21-15(26)11-28-24(31-21)29-17-6-8-37-12-20(17)34)9-16(27)22(19)30-23(33)18-5-4-7-32(18)25(35)36-3/h9-11,13,17-18,20,34H,4-8,12H2,1-3H3,(H,28,29,31)/t17-,18-,20-/m1/s1. The molecule has 0 spiro atoms. The molecule has 0 unspecified atom stereocenters. The molecule has 4 heterocycles. The number of hydrogen-bond donors (Lipinski definition) is 2. The van der Waals surface area contributed by atoms with Gasteiger partial charge in [0.25, 0.3) is 0 Å². The number of carbonyl (C=O) groups is 1. The fourth-order valence-corrected chi connectivity index (χ4v) is 5.35. The summed E-state index contributed by atoms with van der Waals surface area (Å²) in [5.74, 6) is 0.386. The van der Waals surface area contributed by atoms with Gasteiger partial charge in [0.05, 0.1) is 54.3 Å². The molecule has 3 atom stereocenters. The number of carbonyl (C=O) groups excluding carboxylic acids is 1. The van der Waals surface area contributed by atoms with Crippen molar-refractivity contribution in [3.05, 3.63) is 35.0 Å². The van der Waals surface area contributed by atoms with Crippen LogP contribution in [0.15, 0.2) is 18.3 Å². The Kier molecular flexibility index (Phi) is 7.19. The van der Waals surface area contributed by atoms with Gasteiger partial charge in [-0.05, 0) is 45.2 Å². The van der Waals surface area contributed by atoms with Crippen LogP contribution in [0.25, 0.3) is 22.3 Å². The topological polar surface area (TPSA) is 115 Å². The highest BCUT2D eigenvalue weighted by atomic mass is 35.5. The second kappa shape index (κ2) is 10.4. The van der Waals surface area contributed by atoms with Gasteiger partial charge in [0.1, 0.15) is 11.3 Å². The first kappa shape index (κ1) is 25.6. The molecule has 1 aromatic carbocycles. The highest BCUT2D eigenvalue weighted by Gasteiger charge is 2.35. The molecule has 10 nitrogen and oxygen atoms in total. The molecule has 0 bridgehead atoms. The fraction of sp³-hybridized carbons (Fsp3) is 0.520. The van der Waals surface area contributed by atoms with Crippen LogP contribution in [0.2, 0.25) is 5.02 Å². The number of amides is 1. The Bertz CT molecular complexity index is 1320. The van der Waals surface area contributed by atoms with Crippen LogP contribution in [0.4, 0.5) is 15.1 Å². The van der Waals surface area contributed by atoms with Crippen LogP contribution in [-0.4, -0.2) is 74.6 Å². The molecule has 198 valence electrons. The number of benzene rings is 1. The van der Waals surface area contributed by atoms with Gasteiger partial charge in [-0.2, -0.15) is 0 Å². The molecule has 2 aliphatic heterocycles. The number of fused-ring (bicyclic) bond motifs is 1. The maximum Gasteiger partial charge on any atom is 0.410 e. The molecule has 2 aliphatic rings. The van der Waals surface area contributed by atoms with Crippen LogP contribution in [-0.2, 0) is 9.47 Å². The molecule has 12 heteroatoms. The Morgan fingerprint density at radius 1 is 1.32 bits per heavy atom. The summed E-state index contributed by atoms with van der Waals surface area (Å²) in [6, 6.07) is 2.54. The van der Waals surface area contributed by atoms with E-state index in [1.165, 1.54) is 19.4 Å². The van der Waals surface area contributed by atoms with Crippen molar-refractivity contribution in [1.29, 1.82) is 0 Å². The van der Waals surface area contributed by atoms with E-state index in [9.17, 15) is 9.90 Å². The van der Waals surface area contributed by atoms with Crippen LogP contribution in [0.5, 0.6) is 0 Å². The third-order valence-electron chi connectivity index (χ3n) is 6.91. The quantitative estimate of drug-likeness (QED) is 0.499. The van der Waals surface area contributed by atoms with Crippen molar-refractivity contribution in [2.75, 3.05) is 32.2 Å². The highest BCUT2D eigenvalue weighted by molar-refractivity contribution is 6.33. The number of methoxy groups -OCH3 is 1. The van der Waals surface area contributed by atoms with E-state index in [0.29, 0.717) is 48.6 Å². The number of rotatable bonds is 5. The maximum atomic E-state index is 15.5. The van der Waals surface area contributed by atoms with Crippen molar-refractivity contribution in [3.63, 3.8) is 0 Å². The summed E-state index contributed by atoms with van der Waals surface area (Å²) in [5, 5.41) is 13.6. The minimum Gasteiger partial charge on any atom is -0.453 e. The van der Waals surface area contributed by atoms with Crippen molar-refractivity contribution in [2.45, 2.75) is 57.3 Å². The van der Waals surface area contributed by atoms with Crippen molar-refractivity contribution in [2.24, 2.45) is 0 Å². The third-order valence-corrected chi connectivity index (χ3v) is 7.19. The van der Waals surface area contributed by atoms with Gasteiger partial charge >= 0.3 is 6.09 Å². The summed E-state index contributed by atoms with van der Waals surface area (Å²) < 4.78 is 27.7. The SMILES string of the molecule is COC(=O)N1CCC[C@@H]1c1nc2c(F)cc(-c3nc(N[C@@H]4CCOC[C@H]4O)ncc3Cl)cc2n1C(C)C. The summed E-state index contributed by atoms with van der Waals surface area (Å²) in [6.07, 6.45) is 2.46. The minimum absolute atomic E-state index is 0.0529. The molecule has 2 saturated heterocycles. The van der Waals surface area contributed by atoms with E-state index in [1.807, 2.05) is 24.5 Å². The molecule has 2 N–H and O–H groups in total. The first-order chi connectivity index (χ1) is 17.8. The average molecular weight is 533 g/mol. The van der Waals surface area contributed by atoms with Crippen molar-refractivity contribution >= 4 is 34.7 Å². The summed E-state index contributed by atoms with van der Waals surface area (Å²) in [6.45, 7) is 5.29. The Balaban J connectivity index is 1.57. The number of likely N-dealkylation sites (tertiary alicyclic amines) is 1. The van der Waals surface area contributed by atoms with Crippen LogP contribution in [0, 0.1) is 5.82 Å². The number of aromatic nitrogens is 4. The van der Waals surface area contributed by atoms with Crippen molar-refractivity contribution in [3.8, 4) is 11.3 Å².